The van der Waals surface area contributed by atoms with Crippen LogP contribution in [-0.2, 0) is 14.3 Å². The molecule has 0 spiro atoms. The average Bonchev–Trinajstić information content (AvgIpc) is 2.72. The highest BCUT2D eigenvalue weighted by molar-refractivity contribution is 5.71. The van der Waals surface area contributed by atoms with Gasteiger partial charge in [0.05, 0.1) is 7.11 Å². The zero-order chi connectivity index (χ0) is 20.5. The van der Waals surface area contributed by atoms with Crippen molar-refractivity contribution in [1.29, 1.82) is 0 Å². The second-order valence-electron chi connectivity index (χ2n) is 6.78. The van der Waals surface area contributed by atoms with E-state index in [1.54, 1.807) is 14.0 Å². The van der Waals surface area contributed by atoms with Crippen molar-refractivity contribution in [2.75, 3.05) is 13.7 Å². The molecule has 0 aromatic heterocycles. The molecule has 0 radical (unpaired) electrons. The van der Waals surface area contributed by atoms with E-state index in [4.69, 9.17) is 18.9 Å². The van der Waals surface area contributed by atoms with Crippen LogP contribution in [0.5, 0.6) is 11.5 Å². The largest absolute Gasteiger partial charge is 0.497 e. The van der Waals surface area contributed by atoms with Gasteiger partial charge in [0.25, 0.3) is 0 Å². The summed E-state index contributed by atoms with van der Waals surface area (Å²) in [7, 11) is 1.61. The van der Waals surface area contributed by atoms with E-state index in [0.29, 0.717) is 11.7 Å². The predicted molar refractivity (Wildman–Crippen MR) is 109 cm³/mol. The van der Waals surface area contributed by atoms with Gasteiger partial charge in [-0.2, -0.15) is 0 Å². The van der Waals surface area contributed by atoms with Gasteiger partial charge < -0.3 is 18.9 Å². The Morgan fingerprint density at radius 2 is 1.46 bits per heavy atom. The van der Waals surface area contributed by atoms with Crippen LogP contribution in [0.25, 0.3) is 0 Å². The van der Waals surface area contributed by atoms with Gasteiger partial charge in [-0.05, 0) is 61.6 Å². The van der Waals surface area contributed by atoms with E-state index in [1.807, 2.05) is 43.3 Å². The van der Waals surface area contributed by atoms with Crippen molar-refractivity contribution in [2.24, 2.45) is 0 Å². The summed E-state index contributed by atoms with van der Waals surface area (Å²) in [4.78, 5) is 12.0. The van der Waals surface area contributed by atoms with E-state index >= 15 is 0 Å². The zero-order valence-electron chi connectivity index (χ0n) is 17.3. The van der Waals surface area contributed by atoms with Gasteiger partial charge in [-0.1, -0.05) is 38.1 Å². The minimum atomic E-state index is -0.557. The molecule has 0 N–H and O–H groups in total. The fourth-order valence-electron chi connectivity index (χ4n) is 2.70. The number of ether oxygens (including phenoxy) is 4. The maximum Gasteiger partial charge on any atom is 0.332 e. The van der Waals surface area contributed by atoms with Crippen molar-refractivity contribution in [3.05, 3.63) is 59.7 Å². The number of hydrogen-bond acceptors (Lipinski definition) is 5. The highest BCUT2D eigenvalue weighted by Gasteiger charge is 2.14. The zero-order valence-corrected chi connectivity index (χ0v) is 17.3. The fourth-order valence-corrected chi connectivity index (χ4v) is 2.70. The van der Waals surface area contributed by atoms with Crippen molar-refractivity contribution < 1.29 is 23.7 Å². The number of carbonyl (C=O) groups excluding carboxylic acids is 1. The molecule has 2 aromatic carbocycles. The summed E-state index contributed by atoms with van der Waals surface area (Å²) in [6.45, 7) is 7.76. The number of hydrogen-bond donors (Lipinski definition) is 0. The Balaban J connectivity index is 1.76. The van der Waals surface area contributed by atoms with E-state index < -0.39 is 12.3 Å². The topological polar surface area (TPSA) is 54.0 Å². The molecule has 0 aliphatic rings. The van der Waals surface area contributed by atoms with Gasteiger partial charge in [0.15, 0.2) is 6.29 Å². The highest BCUT2D eigenvalue weighted by atomic mass is 16.7. The minimum Gasteiger partial charge on any atom is -0.497 e. The van der Waals surface area contributed by atoms with Gasteiger partial charge in [-0.15, -0.1) is 0 Å². The lowest BCUT2D eigenvalue weighted by molar-refractivity contribution is -0.162. The lowest BCUT2D eigenvalue weighted by atomic mass is 9.99. The Kier molecular flexibility index (Phi) is 8.33. The first-order valence-corrected chi connectivity index (χ1v) is 9.64. The molecule has 2 rings (SSSR count). The third kappa shape index (κ3) is 6.57. The van der Waals surface area contributed by atoms with Gasteiger partial charge in [-0.25, -0.2) is 4.79 Å². The molecular weight excluding hydrogens is 356 g/mol. The summed E-state index contributed by atoms with van der Waals surface area (Å²) in [6.07, 6.45) is 0.168. The molecule has 28 heavy (non-hydrogen) atoms. The van der Waals surface area contributed by atoms with Crippen LogP contribution in [-0.4, -0.2) is 26.0 Å². The minimum absolute atomic E-state index is 0.174. The Labute approximate surface area is 167 Å². The number of esters is 1. The molecule has 152 valence electrons. The summed E-state index contributed by atoms with van der Waals surface area (Å²) in [5.41, 5.74) is 2.17. The molecule has 5 heteroatoms. The monoisotopic (exact) mass is 386 g/mol. The van der Waals surface area contributed by atoms with E-state index in [0.717, 1.165) is 17.7 Å². The number of carbonyl (C=O) groups is 1. The van der Waals surface area contributed by atoms with Crippen molar-refractivity contribution in [3.63, 3.8) is 0 Å². The Morgan fingerprint density at radius 1 is 0.893 bits per heavy atom. The molecule has 0 aliphatic heterocycles. The molecule has 0 saturated heterocycles. The van der Waals surface area contributed by atoms with Crippen LogP contribution in [0.1, 0.15) is 57.3 Å². The highest BCUT2D eigenvalue weighted by Crippen LogP contribution is 2.23. The summed E-state index contributed by atoms with van der Waals surface area (Å²) < 4.78 is 21.7. The lowest BCUT2D eigenvalue weighted by Gasteiger charge is -2.18. The molecule has 3 unspecified atom stereocenters. The van der Waals surface area contributed by atoms with Crippen LogP contribution >= 0.6 is 0 Å². The van der Waals surface area contributed by atoms with E-state index in [2.05, 4.69) is 26.0 Å². The van der Waals surface area contributed by atoms with Crippen molar-refractivity contribution >= 4 is 5.97 Å². The SMILES string of the molecule is CCC(C)c1ccc(OC(C)OCC(=O)OC(C)c2ccc(OC)cc2)cc1. The van der Waals surface area contributed by atoms with Crippen molar-refractivity contribution in [2.45, 2.75) is 52.4 Å². The van der Waals surface area contributed by atoms with Gasteiger partial charge in [0.2, 0.25) is 0 Å². The van der Waals surface area contributed by atoms with Crippen LogP contribution in [0, 0.1) is 0 Å². The molecule has 5 nitrogen and oxygen atoms in total. The second kappa shape index (κ2) is 10.7. The van der Waals surface area contributed by atoms with Gasteiger partial charge in [-0.3, -0.25) is 0 Å². The van der Waals surface area contributed by atoms with Crippen molar-refractivity contribution in [1.82, 2.24) is 0 Å². The fraction of sp³-hybridized carbons (Fsp3) is 0.435. The molecule has 0 aliphatic carbocycles. The summed E-state index contributed by atoms with van der Waals surface area (Å²) in [5.74, 6) is 1.55. The molecular formula is C23H30O5. The Morgan fingerprint density at radius 3 is 2.04 bits per heavy atom. The van der Waals surface area contributed by atoms with E-state index in [9.17, 15) is 4.79 Å². The molecule has 2 aromatic rings. The maximum atomic E-state index is 12.0. The Hall–Kier alpha value is -2.53. The molecule has 3 atom stereocenters. The molecule has 0 fully saturated rings. The van der Waals surface area contributed by atoms with E-state index in [1.165, 1.54) is 5.56 Å². The van der Waals surface area contributed by atoms with Gasteiger partial charge in [0.1, 0.15) is 24.2 Å². The summed E-state index contributed by atoms with van der Waals surface area (Å²) in [6, 6.07) is 15.4. The normalized spacial score (nSPS) is 14.0. The number of rotatable bonds is 10. The standard InChI is InChI=1S/C23H30O5/c1-6-16(2)19-7-13-22(14-8-19)28-18(4)26-15-23(24)27-17(3)20-9-11-21(25-5)12-10-20/h7-14,16-18H,6,15H2,1-5H3. The van der Waals surface area contributed by atoms with Crippen LogP contribution in [0.4, 0.5) is 0 Å². The third-order valence-corrected chi connectivity index (χ3v) is 4.69. The first kappa shape index (κ1) is 21.8. The quantitative estimate of drug-likeness (QED) is 0.412. The van der Waals surface area contributed by atoms with Gasteiger partial charge in [0, 0.05) is 0 Å². The lowest BCUT2D eigenvalue weighted by Crippen LogP contribution is -2.23. The maximum absolute atomic E-state index is 12.0. The molecule has 0 amide bonds. The molecule has 0 heterocycles. The van der Waals surface area contributed by atoms with Crippen molar-refractivity contribution in [3.8, 4) is 11.5 Å². The predicted octanol–water partition coefficient (Wildman–Crippen LogP) is 5.25. The molecule has 0 saturated carbocycles. The average molecular weight is 386 g/mol. The van der Waals surface area contributed by atoms with Gasteiger partial charge >= 0.3 is 5.97 Å². The number of methoxy groups -OCH3 is 1. The number of benzene rings is 2. The third-order valence-electron chi connectivity index (χ3n) is 4.69. The van der Waals surface area contributed by atoms with Crippen LogP contribution < -0.4 is 9.47 Å². The second-order valence-corrected chi connectivity index (χ2v) is 6.78. The smallest absolute Gasteiger partial charge is 0.332 e. The summed E-state index contributed by atoms with van der Waals surface area (Å²) >= 11 is 0. The Bertz CT molecular complexity index is 724. The molecule has 0 bridgehead atoms. The van der Waals surface area contributed by atoms with E-state index in [-0.39, 0.29) is 12.7 Å². The first-order chi connectivity index (χ1) is 13.4. The van der Waals surface area contributed by atoms with Crippen LogP contribution in [0.3, 0.4) is 0 Å². The van der Waals surface area contributed by atoms with Crippen LogP contribution in [0.15, 0.2) is 48.5 Å². The first-order valence-electron chi connectivity index (χ1n) is 9.64. The van der Waals surface area contributed by atoms with Crippen LogP contribution in [0.2, 0.25) is 0 Å². The summed E-state index contributed by atoms with van der Waals surface area (Å²) in [5, 5.41) is 0.